The quantitative estimate of drug-likeness (QED) is 0.766. The highest BCUT2D eigenvalue weighted by Crippen LogP contribution is 2.24. The SMILES string of the molecule is CCN1CCC(CC2CNC[CH]N2CC(=O)O)CC1. The van der Waals surface area contributed by atoms with Crippen molar-refractivity contribution >= 4 is 5.97 Å². The van der Waals surface area contributed by atoms with E-state index in [1.807, 2.05) is 11.4 Å². The van der Waals surface area contributed by atoms with Crippen LogP contribution in [0.1, 0.15) is 26.2 Å². The number of piperidine rings is 1. The molecule has 2 fully saturated rings. The van der Waals surface area contributed by atoms with Gasteiger partial charge in [-0.05, 0) is 44.8 Å². The van der Waals surface area contributed by atoms with E-state index in [0.29, 0.717) is 6.04 Å². The van der Waals surface area contributed by atoms with Crippen molar-refractivity contribution in [1.82, 2.24) is 15.1 Å². The molecule has 0 bridgehead atoms. The molecule has 0 aliphatic carbocycles. The third kappa shape index (κ3) is 4.44. The maximum Gasteiger partial charge on any atom is 0.317 e. The van der Waals surface area contributed by atoms with Gasteiger partial charge in [-0.25, -0.2) is 0 Å². The van der Waals surface area contributed by atoms with Crippen LogP contribution in [0.5, 0.6) is 0 Å². The Bertz CT molecular complexity index is 290. The second kappa shape index (κ2) is 7.22. The van der Waals surface area contributed by atoms with Crippen LogP contribution in [0, 0.1) is 12.5 Å². The van der Waals surface area contributed by atoms with Crippen molar-refractivity contribution in [2.24, 2.45) is 5.92 Å². The minimum Gasteiger partial charge on any atom is -0.480 e. The van der Waals surface area contributed by atoms with Crippen LogP contribution in [0.25, 0.3) is 0 Å². The molecule has 0 aromatic rings. The normalized spacial score (nSPS) is 27.5. The molecule has 0 aromatic heterocycles. The first-order valence-corrected chi connectivity index (χ1v) is 7.43. The van der Waals surface area contributed by atoms with E-state index in [0.717, 1.165) is 32.0 Å². The minimum atomic E-state index is -0.732. The molecule has 2 saturated heterocycles. The number of carbonyl (C=O) groups is 1. The molecule has 1 atom stereocenters. The van der Waals surface area contributed by atoms with Gasteiger partial charge in [-0.15, -0.1) is 0 Å². The van der Waals surface area contributed by atoms with Gasteiger partial charge in [0.15, 0.2) is 0 Å². The van der Waals surface area contributed by atoms with Crippen LogP contribution in [-0.2, 0) is 4.79 Å². The van der Waals surface area contributed by atoms with Crippen molar-refractivity contribution < 1.29 is 9.90 Å². The lowest BCUT2D eigenvalue weighted by Crippen LogP contribution is -2.51. The fourth-order valence-corrected chi connectivity index (χ4v) is 3.19. The standard InChI is InChI=1S/C14H26N3O2/c1-2-16-6-3-12(4-7-16)9-13-10-15-5-8-17(13)11-14(18)19/h8,12-13,15H,2-7,9-11H2,1H3,(H,18,19). The van der Waals surface area contributed by atoms with Crippen molar-refractivity contribution in [3.8, 4) is 0 Å². The van der Waals surface area contributed by atoms with Crippen molar-refractivity contribution in [2.45, 2.75) is 32.2 Å². The molecule has 0 aromatic carbocycles. The fourth-order valence-electron chi connectivity index (χ4n) is 3.19. The van der Waals surface area contributed by atoms with E-state index in [2.05, 4.69) is 17.1 Å². The number of rotatable bonds is 5. The lowest BCUT2D eigenvalue weighted by Gasteiger charge is -2.39. The number of nitrogens with one attached hydrogen (secondary N) is 1. The fraction of sp³-hybridized carbons (Fsp3) is 0.857. The summed E-state index contributed by atoms with van der Waals surface area (Å²) in [5, 5.41) is 12.3. The summed E-state index contributed by atoms with van der Waals surface area (Å²) in [6.45, 7) is 9.61. The molecule has 2 heterocycles. The molecule has 2 aliphatic rings. The molecule has 2 rings (SSSR count). The number of piperazine rings is 1. The van der Waals surface area contributed by atoms with Crippen molar-refractivity contribution in [3.05, 3.63) is 6.54 Å². The van der Waals surface area contributed by atoms with E-state index >= 15 is 0 Å². The smallest absolute Gasteiger partial charge is 0.317 e. The number of aliphatic carboxylic acids is 1. The van der Waals surface area contributed by atoms with Crippen molar-refractivity contribution in [1.29, 1.82) is 0 Å². The van der Waals surface area contributed by atoms with Crippen molar-refractivity contribution in [3.63, 3.8) is 0 Å². The zero-order valence-corrected chi connectivity index (χ0v) is 11.8. The van der Waals surface area contributed by atoms with Crippen molar-refractivity contribution in [2.75, 3.05) is 39.3 Å². The average Bonchev–Trinajstić information content (AvgIpc) is 2.41. The first kappa shape index (κ1) is 14.8. The summed E-state index contributed by atoms with van der Waals surface area (Å²) in [4.78, 5) is 15.4. The van der Waals surface area contributed by atoms with Gasteiger partial charge in [0.2, 0.25) is 0 Å². The Labute approximate surface area is 115 Å². The lowest BCUT2D eigenvalue weighted by atomic mass is 9.89. The second-order valence-corrected chi connectivity index (χ2v) is 5.67. The Balaban J connectivity index is 1.80. The van der Waals surface area contributed by atoms with E-state index < -0.39 is 5.97 Å². The second-order valence-electron chi connectivity index (χ2n) is 5.67. The van der Waals surface area contributed by atoms with Crippen LogP contribution >= 0.6 is 0 Å². The highest BCUT2D eigenvalue weighted by molar-refractivity contribution is 5.69. The maximum absolute atomic E-state index is 10.9. The summed E-state index contributed by atoms with van der Waals surface area (Å²) in [5.41, 5.74) is 0. The minimum absolute atomic E-state index is 0.139. The van der Waals surface area contributed by atoms with Gasteiger partial charge in [0, 0.05) is 25.7 Å². The van der Waals surface area contributed by atoms with Gasteiger partial charge in [0.25, 0.3) is 0 Å². The first-order valence-electron chi connectivity index (χ1n) is 7.43. The van der Waals surface area contributed by atoms with Crippen LogP contribution in [-0.4, -0.2) is 66.2 Å². The molecule has 1 radical (unpaired) electrons. The molecule has 0 saturated carbocycles. The van der Waals surface area contributed by atoms with E-state index in [4.69, 9.17) is 5.11 Å². The highest BCUT2D eigenvalue weighted by atomic mass is 16.4. The highest BCUT2D eigenvalue weighted by Gasteiger charge is 2.28. The molecule has 5 nitrogen and oxygen atoms in total. The molecule has 19 heavy (non-hydrogen) atoms. The van der Waals surface area contributed by atoms with Crippen LogP contribution in [0.3, 0.4) is 0 Å². The Morgan fingerprint density at radius 3 is 2.79 bits per heavy atom. The molecule has 2 aliphatic heterocycles. The Morgan fingerprint density at radius 2 is 2.16 bits per heavy atom. The summed E-state index contributed by atoms with van der Waals surface area (Å²) in [5.74, 6) is 0.0151. The Kier molecular flexibility index (Phi) is 5.60. The number of likely N-dealkylation sites (tertiary alicyclic amines) is 1. The van der Waals surface area contributed by atoms with Gasteiger partial charge in [0.1, 0.15) is 0 Å². The van der Waals surface area contributed by atoms with E-state index in [1.165, 1.54) is 25.9 Å². The maximum atomic E-state index is 10.9. The van der Waals surface area contributed by atoms with Gasteiger partial charge in [-0.2, -0.15) is 0 Å². The third-order valence-electron chi connectivity index (χ3n) is 4.40. The number of hydrogen-bond acceptors (Lipinski definition) is 4. The van der Waals surface area contributed by atoms with Crippen LogP contribution in [0.15, 0.2) is 0 Å². The molecule has 109 valence electrons. The summed E-state index contributed by atoms with van der Waals surface area (Å²) < 4.78 is 0. The van der Waals surface area contributed by atoms with Gasteiger partial charge in [-0.3, -0.25) is 9.69 Å². The van der Waals surface area contributed by atoms with E-state index in [-0.39, 0.29) is 6.54 Å². The number of nitrogens with zero attached hydrogens (tertiary/aromatic N) is 2. The van der Waals surface area contributed by atoms with Gasteiger partial charge in [-0.1, -0.05) is 6.92 Å². The van der Waals surface area contributed by atoms with Crippen LogP contribution < -0.4 is 5.32 Å². The molecular weight excluding hydrogens is 242 g/mol. The molecule has 1 unspecified atom stereocenters. The van der Waals surface area contributed by atoms with Gasteiger partial charge in [0.05, 0.1) is 6.54 Å². The van der Waals surface area contributed by atoms with E-state index in [1.54, 1.807) is 0 Å². The summed E-state index contributed by atoms with van der Waals surface area (Å²) >= 11 is 0. The van der Waals surface area contributed by atoms with Crippen LogP contribution in [0.4, 0.5) is 0 Å². The predicted molar refractivity (Wildman–Crippen MR) is 74.8 cm³/mol. The Hall–Kier alpha value is -0.650. The zero-order valence-electron chi connectivity index (χ0n) is 11.8. The zero-order chi connectivity index (χ0) is 13.7. The largest absolute Gasteiger partial charge is 0.480 e. The topological polar surface area (TPSA) is 55.8 Å². The van der Waals surface area contributed by atoms with Gasteiger partial charge >= 0.3 is 5.97 Å². The summed E-state index contributed by atoms with van der Waals surface area (Å²) in [7, 11) is 0. The number of carboxylic acids is 1. The predicted octanol–water partition coefficient (Wildman–Crippen LogP) is 0.629. The molecule has 2 N–H and O–H groups in total. The lowest BCUT2D eigenvalue weighted by molar-refractivity contribution is -0.138. The molecule has 0 spiro atoms. The van der Waals surface area contributed by atoms with E-state index in [9.17, 15) is 4.79 Å². The number of hydrogen-bond donors (Lipinski definition) is 2. The number of carboxylic acid groups (broad SMARTS) is 1. The van der Waals surface area contributed by atoms with Crippen LogP contribution in [0.2, 0.25) is 0 Å². The molecule has 5 heteroatoms. The van der Waals surface area contributed by atoms with Gasteiger partial charge < -0.3 is 15.3 Å². The summed E-state index contributed by atoms with van der Waals surface area (Å²) in [6, 6.07) is 0.350. The Morgan fingerprint density at radius 1 is 1.42 bits per heavy atom. The summed E-state index contributed by atoms with van der Waals surface area (Å²) in [6.07, 6.45) is 3.63. The first-order chi connectivity index (χ1) is 9.19. The third-order valence-corrected chi connectivity index (χ3v) is 4.40. The average molecular weight is 268 g/mol. The monoisotopic (exact) mass is 268 g/mol. The molecule has 0 amide bonds. The molecular formula is C14H26N3O2.